The molecule has 0 aliphatic carbocycles. The predicted molar refractivity (Wildman–Crippen MR) is 98.5 cm³/mol. The highest BCUT2D eigenvalue weighted by molar-refractivity contribution is 5.48. The van der Waals surface area contributed by atoms with Crippen molar-refractivity contribution in [3.63, 3.8) is 0 Å². The van der Waals surface area contributed by atoms with Crippen molar-refractivity contribution in [1.82, 2.24) is 0 Å². The quantitative estimate of drug-likeness (QED) is 0.598. The van der Waals surface area contributed by atoms with Gasteiger partial charge in [0.2, 0.25) is 0 Å². The van der Waals surface area contributed by atoms with Gasteiger partial charge in [0.05, 0.1) is 17.0 Å². The number of hydrogen-bond donors (Lipinski definition) is 2. The number of para-hydroxylation sites is 1. The molecular weight excluding hydrogens is 314 g/mol. The van der Waals surface area contributed by atoms with E-state index in [4.69, 9.17) is 0 Å². The van der Waals surface area contributed by atoms with Gasteiger partial charge in [0, 0.05) is 6.07 Å². The van der Waals surface area contributed by atoms with Crippen molar-refractivity contribution in [2.75, 3.05) is 32.7 Å². The van der Waals surface area contributed by atoms with Crippen molar-refractivity contribution in [3.8, 4) is 0 Å². The molecule has 2 aromatic carbocycles. The first-order chi connectivity index (χ1) is 12.2. The Bertz CT molecular complexity index is 723. The molecule has 0 unspecified atom stereocenters. The van der Waals surface area contributed by atoms with Crippen molar-refractivity contribution in [1.29, 1.82) is 0 Å². The number of piperazine rings is 1. The van der Waals surface area contributed by atoms with E-state index in [2.05, 4.69) is 36.4 Å². The Labute approximate surface area is 148 Å². The summed E-state index contributed by atoms with van der Waals surface area (Å²) >= 11 is 0. The summed E-state index contributed by atoms with van der Waals surface area (Å²) in [6.07, 6.45) is 4.43. The molecule has 0 bridgehead atoms. The lowest BCUT2D eigenvalue weighted by molar-refractivity contribution is -1.02. The molecule has 1 fully saturated rings. The van der Waals surface area contributed by atoms with Crippen LogP contribution in [0.25, 0.3) is 6.08 Å². The van der Waals surface area contributed by atoms with Crippen LogP contribution in [0.15, 0.2) is 60.7 Å². The van der Waals surface area contributed by atoms with Crippen LogP contribution in [0.1, 0.15) is 11.1 Å². The first-order valence-electron chi connectivity index (χ1n) is 8.83. The van der Waals surface area contributed by atoms with Crippen LogP contribution in [0.5, 0.6) is 0 Å². The van der Waals surface area contributed by atoms with Crippen LogP contribution in [0.3, 0.4) is 0 Å². The zero-order chi connectivity index (χ0) is 17.5. The third-order valence-corrected chi connectivity index (χ3v) is 4.81. The Kier molecular flexibility index (Phi) is 5.93. The average Bonchev–Trinajstić information content (AvgIpc) is 2.64. The summed E-state index contributed by atoms with van der Waals surface area (Å²) in [5.74, 6) is 0. The first-order valence-corrected chi connectivity index (χ1v) is 8.83. The van der Waals surface area contributed by atoms with Crippen LogP contribution in [0.4, 0.5) is 5.69 Å². The van der Waals surface area contributed by atoms with Crippen LogP contribution >= 0.6 is 0 Å². The van der Waals surface area contributed by atoms with Gasteiger partial charge in [-0.1, -0.05) is 48.5 Å². The van der Waals surface area contributed by atoms with E-state index in [1.165, 1.54) is 10.5 Å². The summed E-state index contributed by atoms with van der Waals surface area (Å²) in [6.45, 7) is 6.10. The minimum atomic E-state index is -0.273. The lowest BCUT2D eigenvalue weighted by Crippen LogP contribution is -3.27. The number of nitrogens with one attached hydrogen (secondary N) is 2. The van der Waals surface area contributed by atoms with Crippen molar-refractivity contribution < 1.29 is 14.7 Å². The normalized spacial score (nSPS) is 20.6. The highest BCUT2D eigenvalue weighted by Crippen LogP contribution is 2.16. The number of quaternary nitrogens is 2. The Hall–Kier alpha value is -2.50. The first kappa shape index (κ1) is 17.3. The molecule has 0 atom stereocenters. The van der Waals surface area contributed by atoms with Gasteiger partial charge in [0.25, 0.3) is 5.69 Å². The summed E-state index contributed by atoms with van der Waals surface area (Å²) in [4.78, 5) is 13.9. The van der Waals surface area contributed by atoms with Gasteiger partial charge < -0.3 is 9.80 Å². The molecule has 2 aromatic rings. The predicted octanol–water partition coefficient (Wildman–Crippen LogP) is 0.592. The average molecular weight is 339 g/mol. The van der Waals surface area contributed by atoms with Crippen molar-refractivity contribution >= 4 is 11.8 Å². The van der Waals surface area contributed by atoms with Gasteiger partial charge >= 0.3 is 0 Å². The number of hydrogen-bond acceptors (Lipinski definition) is 2. The van der Waals surface area contributed by atoms with E-state index in [0.717, 1.165) is 44.8 Å². The Morgan fingerprint density at radius 2 is 1.56 bits per heavy atom. The largest absolute Gasteiger partial charge is 0.322 e. The molecule has 5 nitrogen and oxygen atoms in total. The Morgan fingerprint density at radius 1 is 0.920 bits per heavy atom. The van der Waals surface area contributed by atoms with Crippen LogP contribution in [0.2, 0.25) is 0 Å². The van der Waals surface area contributed by atoms with Crippen LogP contribution in [-0.4, -0.2) is 37.6 Å². The molecule has 1 saturated heterocycles. The number of nitrogens with zero attached hydrogens (tertiary/aromatic N) is 1. The minimum absolute atomic E-state index is 0.246. The molecule has 1 heterocycles. The summed E-state index contributed by atoms with van der Waals surface area (Å²) in [5, 5.41) is 11.1. The molecule has 130 valence electrons. The maximum Gasteiger partial charge on any atom is 0.278 e. The number of nitro benzene ring substituents is 1. The summed E-state index contributed by atoms with van der Waals surface area (Å²) in [6, 6.07) is 17.5. The molecule has 0 aromatic heterocycles. The second-order valence-corrected chi connectivity index (χ2v) is 6.58. The van der Waals surface area contributed by atoms with E-state index in [1.807, 2.05) is 18.2 Å². The van der Waals surface area contributed by atoms with Crippen LogP contribution < -0.4 is 9.80 Å². The fourth-order valence-corrected chi connectivity index (χ4v) is 3.37. The van der Waals surface area contributed by atoms with Gasteiger partial charge in [0.15, 0.2) is 0 Å². The molecule has 0 radical (unpaired) electrons. The summed E-state index contributed by atoms with van der Waals surface area (Å²) in [5.41, 5.74) is 2.33. The third kappa shape index (κ3) is 4.98. The molecule has 0 saturated carbocycles. The molecule has 0 spiro atoms. The Morgan fingerprint density at radius 3 is 2.28 bits per heavy atom. The molecule has 3 rings (SSSR count). The fourth-order valence-electron chi connectivity index (χ4n) is 3.37. The monoisotopic (exact) mass is 339 g/mol. The summed E-state index contributed by atoms with van der Waals surface area (Å²) < 4.78 is 0. The molecular formula is C20H25N3O2+2. The van der Waals surface area contributed by atoms with Crippen molar-refractivity contribution in [3.05, 3.63) is 81.9 Å². The number of rotatable bonds is 6. The standard InChI is InChI=1S/C20H23N3O2/c24-23(25)20-11-5-4-10-19(20)17-22-15-13-21(14-16-22)12-6-9-18-7-2-1-3-8-18/h1-11H,12-17H2/p+2/b9-6+. The lowest BCUT2D eigenvalue weighted by atomic mass is 10.1. The van der Waals surface area contributed by atoms with Gasteiger partial charge in [-0.2, -0.15) is 0 Å². The van der Waals surface area contributed by atoms with E-state index in [9.17, 15) is 10.1 Å². The van der Waals surface area contributed by atoms with E-state index in [1.54, 1.807) is 17.0 Å². The smallest absolute Gasteiger partial charge is 0.278 e. The third-order valence-electron chi connectivity index (χ3n) is 4.81. The van der Waals surface area contributed by atoms with E-state index < -0.39 is 0 Å². The van der Waals surface area contributed by atoms with Gasteiger partial charge in [-0.05, 0) is 17.7 Å². The van der Waals surface area contributed by atoms with Gasteiger partial charge in [0.1, 0.15) is 32.7 Å². The zero-order valence-electron chi connectivity index (χ0n) is 14.4. The van der Waals surface area contributed by atoms with E-state index >= 15 is 0 Å². The maximum absolute atomic E-state index is 11.1. The Balaban J connectivity index is 1.48. The minimum Gasteiger partial charge on any atom is -0.322 e. The molecule has 0 amide bonds. The molecule has 1 aliphatic heterocycles. The SMILES string of the molecule is O=[N+]([O-])c1ccccc1C[NH+]1CC[NH+](C/C=C/c2ccccc2)CC1. The highest BCUT2D eigenvalue weighted by Gasteiger charge is 2.24. The maximum atomic E-state index is 11.1. The van der Waals surface area contributed by atoms with Crippen molar-refractivity contribution in [2.45, 2.75) is 6.54 Å². The second-order valence-electron chi connectivity index (χ2n) is 6.58. The zero-order valence-corrected chi connectivity index (χ0v) is 14.4. The van der Waals surface area contributed by atoms with Gasteiger partial charge in [-0.3, -0.25) is 10.1 Å². The molecule has 2 N–H and O–H groups in total. The second kappa shape index (κ2) is 8.55. The van der Waals surface area contributed by atoms with E-state index in [-0.39, 0.29) is 10.6 Å². The van der Waals surface area contributed by atoms with Gasteiger partial charge in [-0.15, -0.1) is 0 Å². The van der Waals surface area contributed by atoms with Gasteiger partial charge in [-0.25, -0.2) is 0 Å². The van der Waals surface area contributed by atoms with Crippen LogP contribution in [0, 0.1) is 10.1 Å². The lowest BCUT2D eigenvalue weighted by Gasteiger charge is -2.29. The molecule has 25 heavy (non-hydrogen) atoms. The fraction of sp³-hybridized carbons (Fsp3) is 0.300. The topological polar surface area (TPSA) is 52.0 Å². The summed E-state index contributed by atoms with van der Waals surface area (Å²) in [7, 11) is 0. The molecule has 1 aliphatic rings. The highest BCUT2D eigenvalue weighted by atomic mass is 16.6. The van der Waals surface area contributed by atoms with E-state index in [0.29, 0.717) is 0 Å². The molecule has 5 heteroatoms. The van der Waals surface area contributed by atoms with Crippen LogP contribution in [-0.2, 0) is 6.54 Å². The number of nitro groups is 1. The van der Waals surface area contributed by atoms with Crippen molar-refractivity contribution in [2.24, 2.45) is 0 Å². The number of benzene rings is 2.